The van der Waals surface area contributed by atoms with Crippen LogP contribution in [0.4, 0.5) is 0 Å². The van der Waals surface area contributed by atoms with Gasteiger partial charge >= 0.3 is 0 Å². The number of ketones is 4. The Kier molecular flexibility index (Phi) is 5.04. The number of aldehydes is 1. The summed E-state index contributed by atoms with van der Waals surface area (Å²) in [5.41, 5.74) is 0.307. The van der Waals surface area contributed by atoms with Crippen molar-refractivity contribution >= 4 is 29.4 Å². The topological polar surface area (TPSA) is 85.3 Å². The van der Waals surface area contributed by atoms with E-state index in [1.807, 2.05) is 0 Å². The Morgan fingerprint density at radius 2 is 1.26 bits per heavy atom. The van der Waals surface area contributed by atoms with E-state index in [0.717, 1.165) is 0 Å². The van der Waals surface area contributed by atoms with Gasteiger partial charge in [-0.05, 0) is 5.56 Å². The first-order valence-electron chi connectivity index (χ1n) is 6.78. The third-order valence-electron chi connectivity index (χ3n) is 3.25. The van der Waals surface area contributed by atoms with Gasteiger partial charge in [0.2, 0.25) is 11.6 Å². The van der Waals surface area contributed by atoms with Gasteiger partial charge in [0.25, 0.3) is 11.6 Å². The molecule has 2 aromatic rings. The zero-order chi connectivity index (χ0) is 16.8. The molecule has 0 aliphatic rings. The average Bonchev–Trinajstić information content (AvgIpc) is 2.62. The van der Waals surface area contributed by atoms with Crippen molar-refractivity contribution in [1.82, 2.24) is 0 Å². The molecule has 5 nitrogen and oxygen atoms in total. The molecule has 1 unspecified atom stereocenters. The van der Waals surface area contributed by atoms with Crippen molar-refractivity contribution in [2.45, 2.75) is 5.92 Å². The molecular formula is C18H12O5. The lowest BCUT2D eigenvalue weighted by molar-refractivity contribution is -0.143. The molecule has 0 aromatic heterocycles. The zero-order valence-electron chi connectivity index (χ0n) is 12.0. The minimum atomic E-state index is -1.49. The van der Waals surface area contributed by atoms with Crippen molar-refractivity contribution in [3.8, 4) is 0 Å². The molecule has 0 N–H and O–H groups in total. The van der Waals surface area contributed by atoms with Crippen LogP contribution in [0.5, 0.6) is 0 Å². The fourth-order valence-electron chi connectivity index (χ4n) is 2.03. The van der Waals surface area contributed by atoms with Gasteiger partial charge in [0.15, 0.2) is 0 Å². The van der Waals surface area contributed by atoms with Crippen molar-refractivity contribution in [1.29, 1.82) is 0 Å². The monoisotopic (exact) mass is 308 g/mol. The van der Waals surface area contributed by atoms with Crippen LogP contribution in [-0.2, 0) is 19.2 Å². The van der Waals surface area contributed by atoms with Crippen LogP contribution in [0, 0.1) is 0 Å². The second-order valence-corrected chi connectivity index (χ2v) is 4.74. The number of hydrogen-bond acceptors (Lipinski definition) is 5. The molecule has 0 radical (unpaired) electrons. The second kappa shape index (κ2) is 7.17. The van der Waals surface area contributed by atoms with Gasteiger partial charge in [-0.15, -0.1) is 0 Å². The highest BCUT2D eigenvalue weighted by atomic mass is 16.2. The van der Waals surface area contributed by atoms with Crippen LogP contribution in [0.3, 0.4) is 0 Å². The Morgan fingerprint density at radius 3 is 1.78 bits per heavy atom. The van der Waals surface area contributed by atoms with Crippen molar-refractivity contribution in [2.75, 3.05) is 0 Å². The summed E-state index contributed by atoms with van der Waals surface area (Å²) in [5.74, 6) is -6.60. The summed E-state index contributed by atoms with van der Waals surface area (Å²) < 4.78 is 0. The fraction of sp³-hybridized carbons (Fsp3) is 0.0556. The van der Waals surface area contributed by atoms with E-state index in [4.69, 9.17) is 0 Å². The van der Waals surface area contributed by atoms with Crippen LogP contribution in [-0.4, -0.2) is 29.4 Å². The van der Waals surface area contributed by atoms with Crippen molar-refractivity contribution in [3.05, 3.63) is 71.8 Å². The molecule has 0 spiro atoms. The van der Waals surface area contributed by atoms with E-state index in [0.29, 0.717) is 5.56 Å². The summed E-state index contributed by atoms with van der Waals surface area (Å²) >= 11 is 0. The molecule has 2 rings (SSSR count). The number of Topliss-reactive ketones (excluding diaryl/α,β-unsaturated/α-hetero) is 4. The van der Waals surface area contributed by atoms with Crippen molar-refractivity contribution in [3.63, 3.8) is 0 Å². The largest absolute Gasteiger partial charge is 0.302 e. The maximum Gasteiger partial charge on any atom is 0.277 e. The van der Waals surface area contributed by atoms with Crippen LogP contribution in [0.1, 0.15) is 21.8 Å². The van der Waals surface area contributed by atoms with Crippen LogP contribution >= 0.6 is 0 Å². The minimum Gasteiger partial charge on any atom is -0.302 e. The van der Waals surface area contributed by atoms with Crippen molar-refractivity contribution < 1.29 is 24.0 Å². The maximum absolute atomic E-state index is 12.1. The molecule has 1 atom stereocenters. The summed E-state index contributed by atoms with van der Waals surface area (Å²) in [7, 11) is 0. The first-order chi connectivity index (χ1) is 11.1. The van der Waals surface area contributed by atoms with E-state index in [2.05, 4.69) is 0 Å². The van der Waals surface area contributed by atoms with Gasteiger partial charge in [0.1, 0.15) is 12.2 Å². The quantitative estimate of drug-likeness (QED) is 0.335. The molecule has 0 amide bonds. The van der Waals surface area contributed by atoms with E-state index >= 15 is 0 Å². The highest BCUT2D eigenvalue weighted by Crippen LogP contribution is 2.15. The number of rotatable bonds is 7. The van der Waals surface area contributed by atoms with E-state index in [-0.39, 0.29) is 11.8 Å². The molecule has 0 heterocycles. The Balaban J connectivity index is 2.22. The van der Waals surface area contributed by atoms with E-state index in [1.54, 1.807) is 24.3 Å². The third kappa shape index (κ3) is 3.52. The molecule has 0 saturated carbocycles. The van der Waals surface area contributed by atoms with E-state index in [1.165, 1.54) is 36.4 Å². The number of hydrogen-bond donors (Lipinski definition) is 0. The maximum atomic E-state index is 12.1. The lowest BCUT2D eigenvalue weighted by Crippen LogP contribution is -2.34. The van der Waals surface area contributed by atoms with Gasteiger partial charge in [-0.2, -0.15) is 0 Å². The smallest absolute Gasteiger partial charge is 0.277 e. The summed E-state index contributed by atoms with van der Waals surface area (Å²) in [6, 6.07) is 15.3. The van der Waals surface area contributed by atoms with Gasteiger partial charge in [0.05, 0.1) is 0 Å². The fourth-order valence-corrected chi connectivity index (χ4v) is 2.03. The highest BCUT2D eigenvalue weighted by molar-refractivity contribution is 6.80. The Morgan fingerprint density at radius 1 is 0.739 bits per heavy atom. The van der Waals surface area contributed by atoms with Gasteiger partial charge in [0, 0.05) is 5.56 Å². The normalized spacial score (nSPS) is 11.3. The van der Waals surface area contributed by atoms with Crippen LogP contribution in [0.2, 0.25) is 0 Å². The molecule has 23 heavy (non-hydrogen) atoms. The van der Waals surface area contributed by atoms with Gasteiger partial charge in [-0.25, -0.2) is 0 Å². The summed E-state index contributed by atoms with van der Waals surface area (Å²) in [6.07, 6.45) is 0.288. The van der Waals surface area contributed by atoms with Crippen LogP contribution in [0.25, 0.3) is 0 Å². The SMILES string of the molecule is O=CC(C(=O)C(=O)C(=O)C(=O)c1ccccc1)c1ccccc1. The van der Waals surface area contributed by atoms with Crippen LogP contribution < -0.4 is 0 Å². The molecule has 0 bridgehead atoms. The predicted molar refractivity (Wildman–Crippen MR) is 81.0 cm³/mol. The van der Waals surface area contributed by atoms with E-state index < -0.39 is 29.1 Å². The lowest BCUT2D eigenvalue weighted by atomic mass is 9.91. The molecule has 2 aromatic carbocycles. The minimum absolute atomic E-state index is 0.0148. The Hall–Kier alpha value is -3.21. The first kappa shape index (κ1) is 16.2. The van der Waals surface area contributed by atoms with Gasteiger partial charge in [-0.1, -0.05) is 60.7 Å². The zero-order valence-corrected chi connectivity index (χ0v) is 12.0. The predicted octanol–water partition coefficient (Wildman–Crippen LogP) is 1.56. The molecule has 0 aliphatic carbocycles. The Labute approximate surface area is 131 Å². The van der Waals surface area contributed by atoms with Gasteiger partial charge < -0.3 is 4.79 Å². The third-order valence-corrected chi connectivity index (χ3v) is 3.25. The lowest BCUT2D eigenvalue weighted by Gasteiger charge is -2.07. The van der Waals surface area contributed by atoms with E-state index in [9.17, 15) is 24.0 Å². The number of carbonyl (C=O) groups excluding carboxylic acids is 5. The standard InChI is InChI=1S/C18H12O5/c19-11-14(12-7-3-1-4-8-12)16(21)18(23)17(22)15(20)13-9-5-2-6-10-13/h1-11,14H. The number of benzene rings is 2. The summed E-state index contributed by atoms with van der Waals surface area (Å²) in [4.78, 5) is 59.0. The molecule has 0 fully saturated rings. The molecule has 114 valence electrons. The molecular weight excluding hydrogens is 296 g/mol. The van der Waals surface area contributed by atoms with Crippen LogP contribution in [0.15, 0.2) is 60.7 Å². The molecule has 5 heteroatoms. The highest BCUT2D eigenvalue weighted by Gasteiger charge is 2.34. The first-order valence-corrected chi connectivity index (χ1v) is 6.78. The number of carbonyl (C=O) groups is 5. The van der Waals surface area contributed by atoms with Crippen molar-refractivity contribution in [2.24, 2.45) is 0 Å². The molecule has 0 saturated heterocycles. The summed E-state index contributed by atoms with van der Waals surface area (Å²) in [6.45, 7) is 0. The van der Waals surface area contributed by atoms with Gasteiger partial charge in [-0.3, -0.25) is 19.2 Å². The second-order valence-electron chi connectivity index (χ2n) is 4.74. The summed E-state index contributed by atoms with van der Waals surface area (Å²) in [5, 5.41) is 0. The molecule has 0 aliphatic heterocycles. The Bertz CT molecular complexity index is 763. The average molecular weight is 308 g/mol.